The number of piperazine rings is 1. The summed E-state index contributed by atoms with van der Waals surface area (Å²) in [7, 11) is 0. The van der Waals surface area contributed by atoms with Crippen molar-refractivity contribution in [2.45, 2.75) is 33.2 Å². The minimum atomic E-state index is -0.206. The van der Waals surface area contributed by atoms with Crippen LogP contribution in [0.25, 0.3) is 0 Å². The van der Waals surface area contributed by atoms with Gasteiger partial charge in [-0.3, -0.25) is 9.89 Å². The monoisotopic (exact) mass is 421 g/mol. The highest BCUT2D eigenvalue weighted by Crippen LogP contribution is 2.20. The summed E-state index contributed by atoms with van der Waals surface area (Å²) in [5.74, 6) is 1.59. The third-order valence-corrected chi connectivity index (χ3v) is 6.36. The van der Waals surface area contributed by atoms with Gasteiger partial charge in [0.1, 0.15) is 0 Å². The molecule has 1 amide bonds. The van der Waals surface area contributed by atoms with Crippen molar-refractivity contribution in [2.75, 3.05) is 59.0 Å². The predicted molar refractivity (Wildman–Crippen MR) is 118 cm³/mol. The molecule has 0 radical (unpaired) electrons. The molecule has 29 heavy (non-hydrogen) atoms. The van der Waals surface area contributed by atoms with E-state index >= 15 is 0 Å². The van der Waals surface area contributed by atoms with E-state index in [-0.39, 0.29) is 6.09 Å². The Balaban J connectivity index is 1.50. The summed E-state index contributed by atoms with van der Waals surface area (Å²) in [4.78, 5) is 25.0. The van der Waals surface area contributed by atoms with Gasteiger partial charge in [-0.25, -0.2) is 4.79 Å². The van der Waals surface area contributed by atoms with Crippen LogP contribution in [0.1, 0.15) is 31.6 Å². The van der Waals surface area contributed by atoms with Crippen molar-refractivity contribution in [3.8, 4) is 0 Å². The fourth-order valence-corrected chi connectivity index (χ4v) is 4.77. The molecule has 1 aromatic heterocycles. The van der Waals surface area contributed by atoms with Crippen LogP contribution in [-0.2, 0) is 11.3 Å². The second-order valence-corrected chi connectivity index (χ2v) is 8.72. The Bertz CT molecular complexity index is 644. The Morgan fingerprint density at radius 3 is 2.72 bits per heavy atom. The van der Waals surface area contributed by atoms with Crippen LogP contribution in [0.4, 0.5) is 4.79 Å². The Kier molecular flexibility index (Phi) is 8.61. The minimum Gasteiger partial charge on any atom is -0.450 e. The first-order valence-corrected chi connectivity index (χ1v) is 11.8. The fourth-order valence-electron chi connectivity index (χ4n) is 4.02. The molecule has 3 heterocycles. The van der Waals surface area contributed by atoms with Gasteiger partial charge in [-0.15, -0.1) is 11.3 Å². The van der Waals surface area contributed by atoms with Gasteiger partial charge in [-0.1, -0.05) is 6.07 Å². The molecule has 1 N–H and O–H groups in total. The third kappa shape index (κ3) is 6.60. The number of thiophene rings is 1. The fraction of sp³-hybridized carbons (Fsp3) is 0.714. The van der Waals surface area contributed by atoms with E-state index < -0.39 is 0 Å². The molecule has 2 aliphatic heterocycles. The van der Waals surface area contributed by atoms with Gasteiger partial charge in [-0.05, 0) is 50.6 Å². The third-order valence-electron chi connectivity index (χ3n) is 5.50. The molecule has 1 atom stereocenters. The number of likely N-dealkylation sites (tertiary alicyclic amines) is 1. The molecule has 0 saturated carbocycles. The highest BCUT2D eigenvalue weighted by atomic mass is 32.1. The molecular formula is C21H35N5O2S. The number of carbonyl (C=O) groups is 1. The summed E-state index contributed by atoms with van der Waals surface area (Å²) < 4.78 is 5.12. The van der Waals surface area contributed by atoms with Crippen LogP contribution in [0.5, 0.6) is 0 Å². The van der Waals surface area contributed by atoms with Gasteiger partial charge < -0.3 is 19.9 Å². The highest BCUT2D eigenvalue weighted by Gasteiger charge is 2.25. The number of carbonyl (C=O) groups excluding carboxylic acids is 1. The van der Waals surface area contributed by atoms with Crippen LogP contribution in [0, 0.1) is 5.92 Å². The summed E-state index contributed by atoms with van der Waals surface area (Å²) in [5, 5.41) is 5.60. The summed E-state index contributed by atoms with van der Waals surface area (Å²) in [6, 6.07) is 4.36. The summed E-state index contributed by atoms with van der Waals surface area (Å²) in [5.41, 5.74) is 0. The van der Waals surface area contributed by atoms with E-state index in [2.05, 4.69) is 39.6 Å². The Hall–Kier alpha value is -1.80. The lowest BCUT2D eigenvalue weighted by Crippen LogP contribution is -2.54. The van der Waals surface area contributed by atoms with Crippen molar-refractivity contribution in [3.63, 3.8) is 0 Å². The number of rotatable bonds is 6. The van der Waals surface area contributed by atoms with Crippen molar-refractivity contribution in [3.05, 3.63) is 22.4 Å². The van der Waals surface area contributed by atoms with Gasteiger partial charge in [-0.2, -0.15) is 0 Å². The van der Waals surface area contributed by atoms with Crippen molar-refractivity contribution in [1.29, 1.82) is 0 Å². The lowest BCUT2D eigenvalue weighted by Gasteiger charge is -2.36. The van der Waals surface area contributed by atoms with Crippen LogP contribution >= 0.6 is 11.3 Å². The molecule has 1 aromatic rings. The van der Waals surface area contributed by atoms with Crippen LogP contribution in [-0.4, -0.2) is 85.7 Å². The first-order chi connectivity index (χ1) is 14.2. The largest absolute Gasteiger partial charge is 0.450 e. The minimum absolute atomic E-state index is 0.206. The number of aliphatic imine (C=N–C) groups is 1. The number of nitrogens with zero attached hydrogens (tertiary/aromatic N) is 4. The van der Waals surface area contributed by atoms with E-state index in [1.165, 1.54) is 24.3 Å². The van der Waals surface area contributed by atoms with Crippen molar-refractivity contribution < 1.29 is 9.53 Å². The quantitative estimate of drug-likeness (QED) is 0.565. The van der Waals surface area contributed by atoms with E-state index in [1.807, 2.05) is 18.3 Å². The Morgan fingerprint density at radius 1 is 1.24 bits per heavy atom. The molecule has 1 unspecified atom stereocenters. The first-order valence-electron chi connectivity index (χ1n) is 10.9. The van der Waals surface area contributed by atoms with Gasteiger partial charge in [0, 0.05) is 57.2 Å². The van der Waals surface area contributed by atoms with Crippen LogP contribution in [0.3, 0.4) is 0 Å². The number of guanidine groups is 1. The summed E-state index contributed by atoms with van der Waals surface area (Å²) in [6.07, 6.45) is 2.29. The average Bonchev–Trinajstić information content (AvgIpc) is 3.25. The molecule has 162 valence electrons. The highest BCUT2D eigenvalue weighted by molar-refractivity contribution is 7.09. The molecule has 0 aliphatic carbocycles. The van der Waals surface area contributed by atoms with Gasteiger partial charge in [0.2, 0.25) is 0 Å². The maximum atomic E-state index is 11.9. The van der Waals surface area contributed by atoms with E-state index in [0.717, 1.165) is 45.2 Å². The predicted octanol–water partition coefficient (Wildman–Crippen LogP) is 2.70. The van der Waals surface area contributed by atoms with E-state index in [1.54, 1.807) is 4.90 Å². The van der Waals surface area contributed by atoms with Crippen molar-refractivity contribution >= 4 is 23.4 Å². The molecule has 2 fully saturated rings. The Labute approximate surface area is 178 Å². The maximum Gasteiger partial charge on any atom is 0.409 e. The number of ether oxygens (including phenoxy) is 1. The topological polar surface area (TPSA) is 60.4 Å². The molecule has 7 nitrogen and oxygen atoms in total. The zero-order chi connectivity index (χ0) is 20.5. The maximum absolute atomic E-state index is 11.9. The van der Waals surface area contributed by atoms with Crippen LogP contribution in [0.2, 0.25) is 0 Å². The standard InChI is InChI=1S/C21H35N5O2S/c1-3-22-20(25-10-12-26(13-11-25)21(27)28-4-2)23-15-18-7-5-9-24(16-18)17-19-8-6-14-29-19/h6,8,14,18H,3-5,7,9-13,15-17H2,1-2H3,(H,22,23). The molecule has 8 heteroatoms. The van der Waals surface area contributed by atoms with Crippen molar-refractivity contribution in [1.82, 2.24) is 20.0 Å². The Morgan fingerprint density at radius 2 is 2.03 bits per heavy atom. The molecule has 0 bridgehead atoms. The molecule has 3 rings (SSSR count). The zero-order valence-electron chi connectivity index (χ0n) is 17.8. The number of hydrogen-bond acceptors (Lipinski definition) is 5. The molecular weight excluding hydrogens is 386 g/mol. The van der Waals surface area contributed by atoms with Gasteiger partial charge in [0.05, 0.1) is 6.61 Å². The second kappa shape index (κ2) is 11.4. The van der Waals surface area contributed by atoms with Crippen LogP contribution < -0.4 is 5.32 Å². The van der Waals surface area contributed by atoms with E-state index in [9.17, 15) is 4.79 Å². The molecule has 0 spiro atoms. The van der Waals surface area contributed by atoms with Gasteiger partial charge >= 0.3 is 6.09 Å². The molecule has 2 aliphatic rings. The number of nitrogens with one attached hydrogen (secondary N) is 1. The number of amides is 1. The number of piperidine rings is 1. The SMILES string of the molecule is CCNC(=NCC1CCCN(Cc2cccs2)C1)N1CCN(C(=O)OCC)CC1. The normalized spacial score (nSPS) is 21.3. The van der Waals surface area contributed by atoms with Gasteiger partial charge in [0.25, 0.3) is 0 Å². The first kappa shape index (κ1) is 21.9. The smallest absolute Gasteiger partial charge is 0.409 e. The summed E-state index contributed by atoms with van der Waals surface area (Å²) >= 11 is 1.84. The lowest BCUT2D eigenvalue weighted by atomic mass is 9.98. The van der Waals surface area contributed by atoms with Crippen molar-refractivity contribution in [2.24, 2.45) is 10.9 Å². The molecule has 2 saturated heterocycles. The number of hydrogen-bond donors (Lipinski definition) is 1. The van der Waals surface area contributed by atoms with E-state index in [4.69, 9.17) is 9.73 Å². The summed E-state index contributed by atoms with van der Waals surface area (Å²) in [6.45, 7) is 12.4. The van der Waals surface area contributed by atoms with E-state index in [0.29, 0.717) is 25.6 Å². The second-order valence-electron chi connectivity index (χ2n) is 7.69. The van der Waals surface area contributed by atoms with Crippen LogP contribution in [0.15, 0.2) is 22.5 Å². The van der Waals surface area contributed by atoms with Gasteiger partial charge in [0.15, 0.2) is 5.96 Å². The molecule has 0 aromatic carbocycles. The lowest BCUT2D eigenvalue weighted by molar-refractivity contribution is 0.0914. The average molecular weight is 422 g/mol. The zero-order valence-corrected chi connectivity index (χ0v) is 18.6.